The number of esters is 1. The number of urea groups is 1. The lowest BCUT2D eigenvalue weighted by molar-refractivity contribution is -0.189. The highest BCUT2D eigenvalue weighted by atomic mass is 32.2. The van der Waals surface area contributed by atoms with E-state index in [4.69, 9.17) is 0 Å². The second-order valence-corrected chi connectivity index (χ2v) is 9.98. The molecule has 1 aromatic carbocycles. The van der Waals surface area contributed by atoms with E-state index in [9.17, 15) is 54.3 Å². The van der Waals surface area contributed by atoms with Crippen LogP contribution in [0.15, 0.2) is 41.6 Å². The summed E-state index contributed by atoms with van der Waals surface area (Å²) < 4.78 is 105. The number of aromatic nitrogens is 1. The van der Waals surface area contributed by atoms with E-state index in [1.807, 2.05) is 0 Å². The Labute approximate surface area is 204 Å². The SMILES string of the molecule is CC1(C)C(=O)N(c2ccc(S(=O)(=O)C(F)(F)F)cc2OC(=O)C(F)(F)F)C(=O)N1Cc1ccncc1O. The Kier molecular flexibility index (Phi) is 6.66. The number of ether oxygens (including phenoxy) is 1. The number of pyridine rings is 1. The first kappa shape index (κ1) is 27.7. The summed E-state index contributed by atoms with van der Waals surface area (Å²) >= 11 is 0. The van der Waals surface area contributed by atoms with Gasteiger partial charge >= 0.3 is 23.7 Å². The van der Waals surface area contributed by atoms with Gasteiger partial charge in [0.15, 0.2) is 5.75 Å². The maximum absolute atomic E-state index is 13.2. The summed E-state index contributed by atoms with van der Waals surface area (Å²) in [6.45, 7) is 2.05. The van der Waals surface area contributed by atoms with E-state index in [-0.39, 0.29) is 28.3 Å². The summed E-state index contributed by atoms with van der Waals surface area (Å²) in [6.07, 6.45) is -3.37. The lowest BCUT2D eigenvalue weighted by atomic mass is 10.0. The third-order valence-corrected chi connectivity index (χ3v) is 6.74. The van der Waals surface area contributed by atoms with E-state index < -0.39 is 67.8 Å². The number of benzene rings is 1. The Hall–Kier alpha value is -3.89. The summed E-state index contributed by atoms with van der Waals surface area (Å²) in [5, 5.41) is 9.96. The number of nitrogens with zero attached hydrogens (tertiary/aromatic N) is 3. The van der Waals surface area contributed by atoms with Crippen LogP contribution in [0.4, 0.5) is 36.8 Å². The lowest BCUT2D eigenvalue weighted by Gasteiger charge is -2.27. The first-order chi connectivity index (χ1) is 16.8. The second kappa shape index (κ2) is 8.89. The van der Waals surface area contributed by atoms with Gasteiger partial charge in [0.25, 0.3) is 15.7 Å². The number of hydrogen-bond acceptors (Lipinski definition) is 8. The molecule has 0 bridgehead atoms. The molecule has 1 N–H and O–H groups in total. The van der Waals surface area contributed by atoms with E-state index >= 15 is 0 Å². The van der Waals surface area contributed by atoms with Gasteiger partial charge < -0.3 is 14.7 Å². The zero-order valence-corrected chi connectivity index (χ0v) is 19.4. The molecule has 1 aromatic heterocycles. The maximum atomic E-state index is 13.2. The number of imide groups is 1. The number of carbonyl (C=O) groups excluding carboxylic acids is 3. The number of aromatic hydroxyl groups is 1. The van der Waals surface area contributed by atoms with Gasteiger partial charge in [-0.25, -0.2) is 22.9 Å². The van der Waals surface area contributed by atoms with Crippen LogP contribution in [0.2, 0.25) is 0 Å². The highest BCUT2D eigenvalue weighted by Crippen LogP contribution is 2.41. The van der Waals surface area contributed by atoms with Gasteiger partial charge in [0.1, 0.15) is 11.3 Å². The van der Waals surface area contributed by atoms with Crippen LogP contribution in [0, 0.1) is 0 Å². The van der Waals surface area contributed by atoms with E-state index in [1.165, 1.54) is 26.1 Å². The third kappa shape index (κ3) is 4.90. The van der Waals surface area contributed by atoms with Crippen molar-refractivity contribution < 1.29 is 59.0 Å². The molecule has 1 saturated heterocycles. The van der Waals surface area contributed by atoms with Crippen LogP contribution in [0.1, 0.15) is 19.4 Å². The van der Waals surface area contributed by atoms with E-state index in [2.05, 4.69) is 9.72 Å². The number of carbonyl (C=O) groups is 3. The van der Waals surface area contributed by atoms with Crippen LogP contribution in [0.25, 0.3) is 0 Å². The number of anilines is 1. The molecular formula is C20H15F6N3O7S. The fourth-order valence-electron chi connectivity index (χ4n) is 3.25. The minimum atomic E-state index is -6.12. The Bertz CT molecular complexity index is 1390. The van der Waals surface area contributed by atoms with Crippen molar-refractivity contribution in [2.45, 2.75) is 42.5 Å². The predicted molar refractivity (Wildman–Crippen MR) is 110 cm³/mol. The summed E-state index contributed by atoms with van der Waals surface area (Å²) in [6, 6.07) is 0.749. The third-order valence-electron chi connectivity index (χ3n) is 5.26. The van der Waals surface area contributed by atoms with E-state index in [1.54, 1.807) is 0 Å². The molecule has 0 spiro atoms. The molecule has 3 rings (SSSR count). The fourth-order valence-corrected chi connectivity index (χ4v) is 4.03. The van der Waals surface area contributed by atoms with Crippen LogP contribution in [-0.4, -0.2) is 58.5 Å². The Morgan fingerprint density at radius 3 is 2.27 bits per heavy atom. The number of hydrogen-bond donors (Lipinski definition) is 1. The highest BCUT2D eigenvalue weighted by molar-refractivity contribution is 7.92. The number of halogens is 6. The first-order valence-electron chi connectivity index (χ1n) is 9.82. The lowest BCUT2D eigenvalue weighted by Crippen LogP contribution is -2.43. The molecule has 1 aliphatic rings. The van der Waals surface area contributed by atoms with E-state index in [0.29, 0.717) is 6.07 Å². The van der Waals surface area contributed by atoms with E-state index in [0.717, 1.165) is 11.1 Å². The van der Waals surface area contributed by atoms with Crippen LogP contribution in [0.5, 0.6) is 11.5 Å². The second-order valence-electron chi connectivity index (χ2n) is 8.04. The fraction of sp³-hybridized carbons (Fsp3) is 0.300. The monoisotopic (exact) mass is 555 g/mol. The highest BCUT2D eigenvalue weighted by Gasteiger charge is 2.54. The molecule has 3 amide bonds. The van der Waals surface area contributed by atoms with Crippen molar-refractivity contribution in [3.63, 3.8) is 0 Å². The summed E-state index contributed by atoms with van der Waals surface area (Å²) in [7, 11) is -6.12. The topological polar surface area (TPSA) is 134 Å². The molecule has 37 heavy (non-hydrogen) atoms. The van der Waals surface area contributed by atoms with Crippen molar-refractivity contribution in [3.8, 4) is 11.5 Å². The van der Waals surface area contributed by atoms with Crippen LogP contribution in [-0.2, 0) is 26.0 Å². The molecule has 0 saturated carbocycles. The van der Waals surface area contributed by atoms with Gasteiger partial charge in [-0.05, 0) is 32.0 Å². The van der Waals surface area contributed by atoms with Gasteiger partial charge in [0.2, 0.25) is 0 Å². The van der Waals surface area contributed by atoms with Crippen molar-refractivity contribution in [3.05, 3.63) is 42.2 Å². The molecule has 2 heterocycles. The molecular weight excluding hydrogens is 540 g/mol. The quantitative estimate of drug-likeness (QED) is 0.257. The number of rotatable bonds is 5. The molecule has 10 nitrogen and oxygen atoms in total. The van der Waals surface area contributed by atoms with Crippen molar-refractivity contribution >= 4 is 33.4 Å². The first-order valence-corrected chi connectivity index (χ1v) is 11.3. The molecule has 0 radical (unpaired) electrons. The zero-order valence-electron chi connectivity index (χ0n) is 18.6. The molecule has 2 aromatic rings. The molecule has 0 unspecified atom stereocenters. The van der Waals surface area contributed by atoms with Crippen LogP contribution >= 0.6 is 0 Å². The average molecular weight is 555 g/mol. The summed E-state index contributed by atoms with van der Waals surface area (Å²) in [5.41, 5.74) is -8.41. The van der Waals surface area contributed by atoms with Crippen LogP contribution < -0.4 is 9.64 Å². The van der Waals surface area contributed by atoms with Gasteiger partial charge in [-0.15, -0.1) is 0 Å². The number of sulfone groups is 1. The van der Waals surface area contributed by atoms with Crippen molar-refractivity contribution in [1.82, 2.24) is 9.88 Å². The Morgan fingerprint density at radius 1 is 1.11 bits per heavy atom. The predicted octanol–water partition coefficient (Wildman–Crippen LogP) is 3.30. The average Bonchev–Trinajstić information content (AvgIpc) is 2.93. The standard InChI is InChI=1S/C20H15F6N3O7S/c1-18(2)15(31)29(17(33)28(18)9-10-5-6-27-8-13(10)30)12-4-3-11(37(34,35)20(24,25)26)7-14(12)36-16(32)19(21,22)23/h3-8,30H,9H2,1-2H3. The molecule has 1 aliphatic heterocycles. The van der Waals surface area contributed by atoms with Crippen molar-refractivity contribution in [1.29, 1.82) is 0 Å². The van der Waals surface area contributed by atoms with Crippen LogP contribution in [0.3, 0.4) is 0 Å². The van der Waals surface area contributed by atoms with Crippen molar-refractivity contribution in [2.24, 2.45) is 0 Å². The summed E-state index contributed by atoms with van der Waals surface area (Å²) in [4.78, 5) is 40.9. The minimum absolute atomic E-state index is 0.0489. The molecule has 0 aliphatic carbocycles. The Morgan fingerprint density at radius 2 is 1.73 bits per heavy atom. The van der Waals surface area contributed by atoms with Gasteiger partial charge in [0, 0.05) is 17.8 Å². The largest absolute Gasteiger partial charge is 0.506 e. The van der Waals surface area contributed by atoms with Crippen molar-refractivity contribution in [2.75, 3.05) is 4.90 Å². The van der Waals surface area contributed by atoms with Gasteiger partial charge in [-0.1, -0.05) is 0 Å². The number of amides is 3. The Balaban J connectivity index is 2.15. The normalized spacial score (nSPS) is 16.3. The van der Waals surface area contributed by atoms with Gasteiger partial charge in [0.05, 0.1) is 23.3 Å². The smallest absolute Gasteiger partial charge is 0.501 e. The molecule has 200 valence electrons. The molecule has 17 heteroatoms. The van der Waals surface area contributed by atoms with Gasteiger partial charge in [-0.2, -0.15) is 26.3 Å². The molecule has 0 atom stereocenters. The minimum Gasteiger partial charge on any atom is -0.506 e. The maximum Gasteiger partial charge on any atom is 0.501 e. The summed E-state index contributed by atoms with van der Waals surface area (Å²) in [5.74, 6) is -5.87. The molecule has 1 fully saturated rings. The zero-order chi connectivity index (χ0) is 28.1. The van der Waals surface area contributed by atoms with Gasteiger partial charge in [-0.3, -0.25) is 9.78 Å². The number of alkyl halides is 6.